The van der Waals surface area contributed by atoms with Gasteiger partial charge in [0.2, 0.25) is 0 Å². The molecule has 106 valence electrons. The SMILES string of the molecule is Cc1cccc(C(=O)N2CCCC(CN)C2)c1I.Cl. The Morgan fingerprint density at radius 2 is 2.26 bits per heavy atom. The number of aryl methyl sites for hydroxylation is 1. The molecular formula is C14H20ClIN2O. The fraction of sp³-hybridized carbons (Fsp3) is 0.500. The van der Waals surface area contributed by atoms with Gasteiger partial charge in [0, 0.05) is 16.7 Å². The number of benzene rings is 1. The van der Waals surface area contributed by atoms with Crippen molar-refractivity contribution >= 4 is 40.9 Å². The van der Waals surface area contributed by atoms with E-state index in [9.17, 15) is 4.79 Å². The third-order valence-electron chi connectivity index (χ3n) is 3.56. The molecule has 1 aliphatic rings. The molecule has 0 radical (unpaired) electrons. The van der Waals surface area contributed by atoms with E-state index in [-0.39, 0.29) is 18.3 Å². The van der Waals surface area contributed by atoms with E-state index in [0.717, 1.165) is 40.6 Å². The van der Waals surface area contributed by atoms with Crippen molar-refractivity contribution in [1.29, 1.82) is 0 Å². The van der Waals surface area contributed by atoms with E-state index in [1.807, 2.05) is 30.0 Å². The summed E-state index contributed by atoms with van der Waals surface area (Å²) in [5.74, 6) is 0.617. The second kappa shape index (κ2) is 7.45. The van der Waals surface area contributed by atoms with Gasteiger partial charge in [-0.2, -0.15) is 0 Å². The number of likely N-dealkylation sites (tertiary alicyclic amines) is 1. The lowest BCUT2D eigenvalue weighted by atomic mass is 9.97. The Balaban J connectivity index is 0.00000180. The highest BCUT2D eigenvalue weighted by Crippen LogP contribution is 2.22. The van der Waals surface area contributed by atoms with Crippen LogP contribution in [0.15, 0.2) is 18.2 Å². The molecule has 1 aromatic carbocycles. The molecule has 5 heteroatoms. The van der Waals surface area contributed by atoms with Gasteiger partial charge in [-0.15, -0.1) is 12.4 Å². The summed E-state index contributed by atoms with van der Waals surface area (Å²) >= 11 is 2.26. The smallest absolute Gasteiger partial charge is 0.254 e. The largest absolute Gasteiger partial charge is 0.338 e. The molecule has 1 aromatic rings. The fourth-order valence-corrected chi connectivity index (χ4v) is 3.02. The van der Waals surface area contributed by atoms with E-state index < -0.39 is 0 Å². The zero-order valence-electron chi connectivity index (χ0n) is 11.1. The summed E-state index contributed by atoms with van der Waals surface area (Å²) < 4.78 is 1.06. The summed E-state index contributed by atoms with van der Waals surface area (Å²) in [5, 5.41) is 0. The first-order chi connectivity index (χ1) is 8.63. The molecule has 1 amide bonds. The van der Waals surface area contributed by atoms with E-state index in [2.05, 4.69) is 22.6 Å². The van der Waals surface area contributed by atoms with E-state index >= 15 is 0 Å². The Kier molecular flexibility index (Phi) is 6.56. The third kappa shape index (κ3) is 3.83. The molecule has 0 spiro atoms. The van der Waals surface area contributed by atoms with Gasteiger partial charge >= 0.3 is 0 Å². The molecule has 1 heterocycles. The number of carbonyl (C=O) groups is 1. The average Bonchev–Trinajstić information content (AvgIpc) is 2.41. The number of nitrogens with two attached hydrogens (primary N) is 1. The molecule has 1 aliphatic heterocycles. The van der Waals surface area contributed by atoms with E-state index in [0.29, 0.717) is 12.5 Å². The van der Waals surface area contributed by atoms with Gasteiger partial charge in [-0.3, -0.25) is 4.79 Å². The topological polar surface area (TPSA) is 46.3 Å². The average molecular weight is 395 g/mol. The Hall–Kier alpha value is -0.330. The zero-order chi connectivity index (χ0) is 13.1. The number of carbonyl (C=O) groups excluding carboxylic acids is 1. The van der Waals surface area contributed by atoms with Gasteiger partial charge in [-0.1, -0.05) is 12.1 Å². The highest BCUT2D eigenvalue weighted by molar-refractivity contribution is 14.1. The standard InChI is InChI=1S/C14H19IN2O.ClH/c1-10-4-2-6-12(13(10)15)14(18)17-7-3-5-11(8-16)9-17;/h2,4,6,11H,3,5,7-9,16H2,1H3;1H. The first-order valence-corrected chi connectivity index (χ1v) is 7.45. The number of hydrogen-bond acceptors (Lipinski definition) is 2. The highest BCUT2D eigenvalue weighted by Gasteiger charge is 2.24. The van der Waals surface area contributed by atoms with Crippen LogP contribution in [-0.4, -0.2) is 30.4 Å². The minimum absolute atomic E-state index is 0. The lowest BCUT2D eigenvalue weighted by Crippen LogP contribution is -2.42. The Labute approximate surface area is 134 Å². The normalized spacial score (nSPS) is 18.9. The summed E-state index contributed by atoms with van der Waals surface area (Å²) in [6, 6.07) is 5.91. The van der Waals surface area contributed by atoms with Crippen molar-refractivity contribution < 1.29 is 4.79 Å². The van der Waals surface area contributed by atoms with Crippen molar-refractivity contribution in [2.75, 3.05) is 19.6 Å². The van der Waals surface area contributed by atoms with Crippen molar-refractivity contribution in [1.82, 2.24) is 4.90 Å². The van der Waals surface area contributed by atoms with E-state index in [1.165, 1.54) is 0 Å². The van der Waals surface area contributed by atoms with Gasteiger partial charge in [0.1, 0.15) is 0 Å². The first kappa shape index (κ1) is 16.7. The van der Waals surface area contributed by atoms with Crippen molar-refractivity contribution in [3.63, 3.8) is 0 Å². The summed E-state index contributed by atoms with van der Waals surface area (Å²) in [5.41, 5.74) is 7.71. The molecule has 1 atom stereocenters. The number of amides is 1. The lowest BCUT2D eigenvalue weighted by molar-refractivity contribution is 0.0677. The summed E-state index contributed by atoms with van der Waals surface area (Å²) in [6.07, 6.45) is 2.21. The number of halogens is 2. The van der Waals surface area contributed by atoms with Crippen LogP contribution in [-0.2, 0) is 0 Å². The number of piperidine rings is 1. The van der Waals surface area contributed by atoms with E-state index in [4.69, 9.17) is 5.73 Å². The maximum absolute atomic E-state index is 12.5. The fourth-order valence-electron chi connectivity index (χ4n) is 2.42. The first-order valence-electron chi connectivity index (χ1n) is 6.38. The quantitative estimate of drug-likeness (QED) is 0.784. The lowest BCUT2D eigenvalue weighted by Gasteiger charge is -2.32. The maximum atomic E-state index is 12.5. The summed E-state index contributed by atoms with van der Waals surface area (Å²) in [6.45, 7) is 4.38. The Morgan fingerprint density at radius 1 is 1.53 bits per heavy atom. The van der Waals surface area contributed by atoms with Gasteiger partial charge < -0.3 is 10.6 Å². The molecule has 0 aromatic heterocycles. The molecule has 1 fully saturated rings. The predicted molar refractivity (Wildman–Crippen MR) is 88.8 cm³/mol. The molecule has 19 heavy (non-hydrogen) atoms. The number of hydrogen-bond donors (Lipinski definition) is 1. The second-order valence-electron chi connectivity index (χ2n) is 4.93. The van der Waals surface area contributed by atoms with Crippen LogP contribution in [0.1, 0.15) is 28.8 Å². The summed E-state index contributed by atoms with van der Waals surface area (Å²) in [7, 11) is 0. The molecular weight excluding hydrogens is 375 g/mol. The molecule has 0 aliphatic carbocycles. The monoisotopic (exact) mass is 394 g/mol. The van der Waals surface area contributed by atoms with Gasteiger partial charge in [-0.25, -0.2) is 0 Å². The minimum atomic E-state index is 0. The molecule has 1 saturated heterocycles. The minimum Gasteiger partial charge on any atom is -0.338 e. The van der Waals surface area contributed by atoms with Crippen LogP contribution in [0.3, 0.4) is 0 Å². The molecule has 2 N–H and O–H groups in total. The zero-order valence-corrected chi connectivity index (χ0v) is 14.0. The molecule has 0 bridgehead atoms. The van der Waals surface area contributed by atoms with Crippen molar-refractivity contribution in [2.45, 2.75) is 19.8 Å². The highest BCUT2D eigenvalue weighted by atomic mass is 127. The van der Waals surface area contributed by atoms with Crippen LogP contribution in [0.5, 0.6) is 0 Å². The number of rotatable bonds is 2. The van der Waals surface area contributed by atoms with Crippen LogP contribution < -0.4 is 5.73 Å². The van der Waals surface area contributed by atoms with Gasteiger partial charge in [-0.05, 0) is 66.4 Å². The van der Waals surface area contributed by atoms with E-state index in [1.54, 1.807) is 0 Å². The van der Waals surface area contributed by atoms with Gasteiger partial charge in [0.15, 0.2) is 0 Å². The number of nitrogens with zero attached hydrogens (tertiary/aromatic N) is 1. The predicted octanol–water partition coefficient (Wildman–Crippen LogP) is 2.83. The van der Waals surface area contributed by atoms with Gasteiger partial charge in [0.05, 0.1) is 5.56 Å². The molecule has 0 saturated carbocycles. The second-order valence-corrected chi connectivity index (χ2v) is 6.01. The van der Waals surface area contributed by atoms with Crippen molar-refractivity contribution in [3.8, 4) is 0 Å². The van der Waals surface area contributed by atoms with Crippen LogP contribution in [0.2, 0.25) is 0 Å². The van der Waals surface area contributed by atoms with Gasteiger partial charge in [0.25, 0.3) is 5.91 Å². The Bertz CT molecular complexity index is 453. The Morgan fingerprint density at radius 3 is 2.95 bits per heavy atom. The van der Waals surface area contributed by atoms with Crippen LogP contribution in [0, 0.1) is 16.4 Å². The van der Waals surface area contributed by atoms with Crippen LogP contribution in [0.4, 0.5) is 0 Å². The third-order valence-corrected chi connectivity index (χ3v) is 4.99. The molecule has 3 nitrogen and oxygen atoms in total. The van der Waals surface area contributed by atoms with Crippen LogP contribution >= 0.6 is 35.0 Å². The van der Waals surface area contributed by atoms with Crippen molar-refractivity contribution in [2.24, 2.45) is 11.7 Å². The van der Waals surface area contributed by atoms with Crippen LogP contribution in [0.25, 0.3) is 0 Å². The summed E-state index contributed by atoms with van der Waals surface area (Å²) in [4.78, 5) is 14.5. The maximum Gasteiger partial charge on any atom is 0.254 e. The van der Waals surface area contributed by atoms with Crippen molar-refractivity contribution in [3.05, 3.63) is 32.9 Å². The molecule has 2 rings (SSSR count). The molecule has 1 unspecified atom stereocenters.